The number of halogens is 1. The van der Waals surface area contributed by atoms with E-state index in [1.807, 2.05) is 0 Å². The van der Waals surface area contributed by atoms with E-state index in [2.05, 4.69) is 4.74 Å². The van der Waals surface area contributed by atoms with Gasteiger partial charge in [-0.3, -0.25) is 0 Å². The predicted molar refractivity (Wildman–Crippen MR) is 53.4 cm³/mol. The molecule has 1 aromatic rings. The number of hydrogen-bond donors (Lipinski definition) is 0. The standard InChI is InChI=1S/C7H4ClNO4S2/c1-13-7(10)6-5(15(8,11)12)2-4(3-9)14-6/h2H,1H3. The Hall–Kier alpha value is -1.10. The molecule has 15 heavy (non-hydrogen) atoms. The molecule has 0 saturated heterocycles. The van der Waals surface area contributed by atoms with E-state index >= 15 is 0 Å². The molecular formula is C7H4ClNO4S2. The highest BCUT2D eigenvalue weighted by atomic mass is 35.7. The molecule has 8 heteroatoms. The predicted octanol–water partition coefficient (Wildman–Crippen LogP) is 1.33. The molecule has 0 fully saturated rings. The number of nitrogens with zero attached hydrogens (tertiary/aromatic N) is 1. The van der Waals surface area contributed by atoms with Crippen molar-refractivity contribution in [2.24, 2.45) is 0 Å². The van der Waals surface area contributed by atoms with Crippen LogP contribution in [0.3, 0.4) is 0 Å². The van der Waals surface area contributed by atoms with Crippen LogP contribution in [0, 0.1) is 11.3 Å². The molecule has 0 N–H and O–H groups in total. The Morgan fingerprint density at radius 1 is 1.67 bits per heavy atom. The fourth-order valence-corrected chi connectivity index (χ4v) is 3.21. The molecule has 1 aromatic heterocycles. The highest BCUT2D eigenvalue weighted by Gasteiger charge is 2.25. The van der Waals surface area contributed by atoms with E-state index in [1.165, 1.54) is 0 Å². The van der Waals surface area contributed by atoms with E-state index in [0.717, 1.165) is 24.5 Å². The molecule has 0 saturated carbocycles. The van der Waals surface area contributed by atoms with Crippen LogP contribution in [-0.2, 0) is 13.8 Å². The van der Waals surface area contributed by atoms with Gasteiger partial charge in [0.05, 0.1) is 7.11 Å². The third-order valence-electron chi connectivity index (χ3n) is 1.44. The van der Waals surface area contributed by atoms with Crippen LogP contribution in [0.4, 0.5) is 0 Å². The molecule has 0 aromatic carbocycles. The van der Waals surface area contributed by atoms with E-state index in [4.69, 9.17) is 15.9 Å². The lowest BCUT2D eigenvalue weighted by atomic mass is 10.4. The lowest BCUT2D eigenvalue weighted by Crippen LogP contribution is -2.03. The van der Waals surface area contributed by atoms with Gasteiger partial charge >= 0.3 is 5.97 Å². The minimum absolute atomic E-state index is 0.0784. The summed E-state index contributed by atoms with van der Waals surface area (Å²) in [6.07, 6.45) is 0. The van der Waals surface area contributed by atoms with Gasteiger partial charge in [-0.15, -0.1) is 11.3 Å². The molecule has 1 heterocycles. The highest BCUT2D eigenvalue weighted by molar-refractivity contribution is 8.13. The van der Waals surface area contributed by atoms with Crippen molar-refractivity contribution in [1.29, 1.82) is 5.26 Å². The van der Waals surface area contributed by atoms with Crippen molar-refractivity contribution >= 4 is 37.0 Å². The smallest absolute Gasteiger partial charge is 0.349 e. The molecule has 0 unspecified atom stereocenters. The van der Waals surface area contributed by atoms with Gasteiger partial charge in [-0.2, -0.15) is 5.26 Å². The fourth-order valence-electron chi connectivity index (χ4n) is 0.845. The van der Waals surface area contributed by atoms with Gasteiger partial charge in [0.1, 0.15) is 20.7 Å². The number of rotatable bonds is 2. The van der Waals surface area contributed by atoms with Crippen molar-refractivity contribution < 1.29 is 17.9 Å². The summed E-state index contributed by atoms with van der Waals surface area (Å²) >= 11 is 0.720. The minimum atomic E-state index is -4.05. The van der Waals surface area contributed by atoms with Gasteiger partial charge in [0, 0.05) is 10.7 Å². The molecule has 0 spiro atoms. The second kappa shape index (κ2) is 4.18. The quantitative estimate of drug-likeness (QED) is 0.595. The van der Waals surface area contributed by atoms with Gasteiger partial charge < -0.3 is 4.74 Å². The topological polar surface area (TPSA) is 84.2 Å². The molecule has 5 nitrogen and oxygen atoms in total. The Bertz CT molecular complexity index is 540. The Labute approximate surface area is 94.3 Å². The number of carbonyl (C=O) groups is 1. The number of ether oxygens (including phenoxy) is 1. The monoisotopic (exact) mass is 265 g/mol. The SMILES string of the molecule is COC(=O)c1sc(C#N)cc1S(=O)(=O)Cl. The Morgan fingerprint density at radius 2 is 2.27 bits per heavy atom. The molecule has 0 aliphatic heterocycles. The summed E-state index contributed by atoms with van der Waals surface area (Å²) < 4.78 is 26.5. The van der Waals surface area contributed by atoms with Crippen LogP contribution in [0.2, 0.25) is 0 Å². The number of carbonyl (C=O) groups excluding carboxylic acids is 1. The number of thiophene rings is 1. The third kappa shape index (κ3) is 2.47. The number of esters is 1. The van der Waals surface area contributed by atoms with Crippen molar-refractivity contribution in [3.63, 3.8) is 0 Å². The first-order valence-electron chi connectivity index (χ1n) is 3.47. The molecule has 80 valence electrons. The third-order valence-corrected chi connectivity index (χ3v) is 3.94. The zero-order valence-corrected chi connectivity index (χ0v) is 9.74. The van der Waals surface area contributed by atoms with E-state index in [-0.39, 0.29) is 9.75 Å². The molecule has 0 amide bonds. The van der Waals surface area contributed by atoms with Gasteiger partial charge in [0.25, 0.3) is 9.05 Å². The number of nitriles is 1. The molecule has 0 atom stereocenters. The second-order valence-corrected chi connectivity index (χ2v) is 5.93. The molecule has 1 rings (SSSR count). The van der Waals surface area contributed by atoms with Crippen LogP contribution in [-0.4, -0.2) is 21.5 Å². The minimum Gasteiger partial charge on any atom is -0.465 e. The number of hydrogen-bond acceptors (Lipinski definition) is 6. The first kappa shape index (κ1) is 12.0. The van der Waals surface area contributed by atoms with Crippen molar-refractivity contribution in [1.82, 2.24) is 0 Å². The summed E-state index contributed by atoms with van der Waals surface area (Å²) in [5.41, 5.74) is 0. The van der Waals surface area contributed by atoms with Crippen LogP contribution in [0.25, 0.3) is 0 Å². The highest BCUT2D eigenvalue weighted by Crippen LogP contribution is 2.29. The Kier molecular flexibility index (Phi) is 3.34. The summed E-state index contributed by atoms with van der Waals surface area (Å²) in [6, 6.07) is 2.77. The summed E-state index contributed by atoms with van der Waals surface area (Å²) in [5.74, 6) is -0.833. The average molecular weight is 266 g/mol. The van der Waals surface area contributed by atoms with Crippen LogP contribution >= 0.6 is 22.0 Å². The van der Waals surface area contributed by atoms with Crippen LogP contribution < -0.4 is 0 Å². The van der Waals surface area contributed by atoms with Crippen LogP contribution in [0.15, 0.2) is 11.0 Å². The van der Waals surface area contributed by atoms with Crippen molar-refractivity contribution in [3.05, 3.63) is 15.8 Å². The van der Waals surface area contributed by atoms with Gasteiger partial charge in [-0.05, 0) is 6.07 Å². The number of methoxy groups -OCH3 is 1. The van der Waals surface area contributed by atoms with Gasteiger partial charge in [0.2, 0.25) is 0 Å². The summed E-state index contributed by atoms with van der Waals surface area (Å²) in [7, 11) is 2.16. The zero-order chi connectivity index (χ0) is 11.6. The first-order chi connectivity index (χ1) is 6.90. The first-order valence-corrected chi connectivity index (χ1v) is 6.59. The van der Waals surface area contributed by atoms with Crippen LogP contribution in [0.1, 0.15) is 14.5 Å². The Balaban J connectivity index is 3.45. The van der Waals surface area contributed by atoms with E-state index < -0.39 is 19.9 Å². The van der Waals surface area contributed by atoms with Crippen molar-refractivity contribution in [3.8, 4) is 6.07 Å². The lowest BCUT2D eigenvalue weighted by Gasteiger charge is -1.96. The molecular weight excluding hydrogens is 262 g/mol. The Morgan fingerprint density at radius 3 is 2.67 bits per heavy atom. The normalized spacial score (nSPS) is 10.7. The van der Waals surface area contributed by atoms with E-state index in [9.17, 15) is 13.2 Å². The maximum atomic E-state index is 11.2. The maximum absolute atomic E-state index is 11.2. The maximum Gasteiger partial charge on any atom is 0.349 e. The fraction of sp³-hybridized carbons (Fsp3) is 0.143. The van der Waals surface area contributed by atoms with Gasteiger partial charge in [0.15, 0.2) is 0 Å². The average Bonchev–Trinajstić information content (AvgIpc) is 2.59. The summed E-state index contributed by atoms with van der Waals surface area (Å²) in [4.78, 5) is 10.7. The summed E-state index contributed by atoms with van der Waals surface area (Å²) in [5, 5.41) is 8.57. The van der Waals surface area contributed by atoms with Crippen molar-refractivity contribution in [2.75, 3.05) is 7.11 Å². The zero-order valence-electron chi connectivity index (χ0n) is 7.35. The van der Waals surface area contributed by atoms with Crippen molar-refractivity contribution in [2.45, 2.75) is 4.90 Å². The molecule has 0 aliphatic rings. The van der Waals surface area contributed by atoms with Gasteiger partial charge in [-0.25, -0.2) is 13.2 Å². The molecule has 0 radical (unpaired) electrons. The second-order valence-electron chi connectivity index (χ2n) is 2.35. The lowest BCUT2D eigenvalue weighted by molar-refractivity contribution is 0.0602. The molecule has 0 aliphatic carbocycles. The van der Waals surface area contributed by atoms with E-state index in [1.54, 1.807) is 6.07 Å². The van der Waals surface area contributed by atoms with Crippen LogP contribution in [0.5, 0.6) is 0 Å². The largest absolute Gasteiger partial charge is 0.465 e. The van der Waals surface area contributed by atoms with E-state index in [0.29, 0.717) is 0 Å². The van der Waals surface area contributed by atoms with Gasteiger partial charge in [-0.1, -0.05) is 0 Å². The molecule has 0 bridgehead atoms. The summed E-state index contributed by atoms with van der Waals surface area (Å²) in [6.45, 7) is 0.